The van der Waals surface area contributed by atoms with Crippen molar-refractivity contribution >= 4 is 45.6 Å². The maximum Gasteiger partial charge on any atom is 0.352 e. The fraction of sp³-hybridized carbons (Fsp3) is 0. The van der Waals surface area contributed by atoms with Crippen molar-refractivity contribution in [2.45, 2.75) is 9.99 Å². The fourth-order valence-corrected chi connectivity index (χ4v) is 3.51. The first kappa shape index (κ1) is 19.0. The van der Waals surface area contributed by atoms with E-state index in [0.29, 0.717) is 16.4 Å². The highest BCUT2D eigenvalue weighted by Crippen LogP contribution is 2.34. The molecule has 2 aromatic carbocycles. The minimum absolute atomic E-state index is 0.268. The molecule has 2 N–H and O–H groups in total. The van der Waals surface area contributed by atoms with Crippen molar-refractivity contribution in [2.24, 2.45) is 0 Å². The number of aliphatic carboxylic acids is 1. The Kier molecular flexibility index (Phi) is 6.16. The first-order valence-corrected chi connectivity index (χ1v) is 9.47. The van der Waals surface area contributed by atoms with Crippen molar-refractivity contribution < 1.29 is 19.1 Å². The third kappa shape index (κ3) is 5.12. The van der Waals surface area contributed by atoms with Gasteiger partial charge in [0.15, 0.2) is 5.09 Å². The van der Waals surface area contributed by atoms with Gasteiger partial charge in [-0.3, -0.25) is 4.79 Å². The lowest BCUT2D eigenvalue weighted by atomic mass is 10.2. The first-order valence-electron chi connectivity index (χ1n) is 7.86. The molecule has 0 bridgehead atoms. The maximum absolute atomic E-state index is 12.2. The van der Waals surface area contributed by atoms with Gasteiger partial charge in [0.25, 0.3) is 5.91 Å². The van der Waals surface area contributed by atoms with Gasteiger partial charge >= 0.3 is 5.97 Å². The van der Waals surface area contributed by atoms with Crippen LogP contribution in [0.5, 0.6) is 0 Å². The topological polar surface area (TPSA) is 79.5 Å². The maximum atomic E-state index is 12.2. The zero-order chi connectivity index (χ0) is 19.2. The second kappa shape index (κ2) is 8.75. The summed E-state index contributed by atoms with van der Waals surface area (Å²) < 4.78 is 6.60. The summed E-state index contributed by atoms with van der Waals surface area (Å²) in [6, 6.07) is 19.5. The second-order valence-electron chi connectivity index (χ2n) is 5.37. The highest BCUT2D eigenvalue weighted by atomic mass is 79.9. The van der Waals surface area contributed by atoms with Crippen LogP contribution in [0.1, 0.15) is 16.1 Å². The molecule has 0 aliphatic carbocycles. The third-order valence-corrected chi connectivity index (χ3v) is 5.40. The monoisotopic (exact) mass is 443 g/mol. The molecular weight excluding hydrogens is 430 g/mol. The van der Waals surface area contributed by atoms with E-state index < -0.39 is 11.9 Å². The highest BCUT2D eigenvalue weighted by Gasteiger charge is 2.14. The molecule has 0 aliphatic rings. The Balaban J connectivity index is 1.77. The molecule has 0 unspecified atom stereocenters. The molecule has 0 saturated heterocycles. The average Bonchev–Trinajstić information content (AvgIpc) is 3.10. The predicted octanol–water partition coefficient (Wildman–Crippen LogP) is 5.05. The van der Waals surface area contributed by atoms with Crippen LogP contribution in [-0.4, -0.2) is 17.0 Å². The summed E-state index contributed by atoms with van der Waals surface area (Å²) in [5, 5.41) is 12.4. The Morgan fingerprint density at radius 3 is 2.41 bits per heavy atom. The summed E-state index contributed by atoms with van der Waals surface area (Å²) in [5.41, 5.74) is 0.102. The summed E-state index contributed by atoms with van der Waals surface area (Å²) in [4.78, 5) is 24.6. The minimum atomic E-state index is -1.25. The average molecular weight is 444 g/mol. The number of carbonyl (C=O) groups is 2. The van der Waals surface area contributed by atoms with Gasteiger partial charge < -0.3 is 14.8 Å². The van der Waals surface area contributed by atoms with Crippen molar-refractivity contribution in [3.8, 4) is 0 Å². The Morgan fingerprint density at radius 1 is 1.00 bits per heavy atom. The van der Waals surface area contributed by atoms with Gasteiger partial charge in [-0.25, -0.2) is 4.79 Å². The fourth-order valence-electron chi connectivity index (χ4n) is 2.18. The van der Waals surface area contributed by atoms with Gasteiger partial charge in [0, 0.05) is 21.0 Å². The highest BCUT2D eigenvalue weighted by molar-refractivity contribution is 9.10. The van der Waals surface area contributed by atoms with Crippen LogP contribution in [0.4, 0.5) is 0 Å². The van der Waals surface area contributed by atoms with Gasteiger partial charge in [-0.1, -0.05) is 42.1 Å². The number of carboxylic acid groups (broad SMARTS) is 1. The van der Waals surface area contributed by atoms with Gasteiger partial charge in [0.1, 0.15) is 11.5 Å². The molecule has 3 aromatic rings. The van der Waals surface area contributed by atoms with E-state index in [1.54, 1.807) is 42.5 Å². The Morgan fingerprint density at radius 2 is 1.70 bits per heavy atom. The normalized spacial score (nSPS) is 11.2. The van der Waals surface area contributed by atoms with Crippen molar-refractivity contribution in [3.63, 3.8) is 0 Å². The van der Waals surface area contributed by atoms with Crippen molar-refractivity contribution in [2.75, 3.05) is 0 Å². The summed E-state index contributed by atoms with van der Waals surface area (Å²) in [6.45, 7) is 0. The lowest BCUT2D eigenvalue weighted by Gasteiger charge is -2.05. The number of carboxylic acids is 1. The van der Waals surface area contributed by atoms with E-state index in [0.717, 1.165) is 9.37 Å². The predicted molar refractivity (Wildman–Crippen MR) is 106 cm³/mol. The van der Waals surface area contributed by atoms with Crippen LogP contribution >= 0.6 is 27.7 Å². The number of halogens is 1. The molecule has 7 heteroatoms. The SMILES string of the molecule is O=C(O)/C(=C/c1ccc(Sc2ccccc2Br)o1)NC(=O)c1ccccc1. The third-order valence-electron chi connectivity index (χ3n) is 3.45. The molecule has 0 saturated carbocycles. The van der Waals surface area contributed by atoms with Crippen LogP contribution in [-0.2, 0) is 4.79 Å². The molecule has 1 heterocycles. The van der Waals surface area contributed by atoms with E-state index >= 15 is 0 Å². The van der Waals surface area contributed by atoms with Crippen molar-refractivity contribution in [1.82, 2.24) is 5.32 Å². The molecule has 0 atom stereocenters. The molecule has 1 amide bonds. The molecular formula is C20H14BrNO4S. The number of benzene rings is 2. The lowest BCUT2D eigenvalue weighted by Crippen LogP contribution is -2.27. The molecule has 0 spiro atoms. The second-order valence-corrected chi connectivity index (χ2v) is 7.27. The molecule has 0 fully saturated rings. The van der Waals surface area contributed by atoms with Gasteiger partial charge in [-0.2, -0.15) is 0 Å². The molecule has 136 valence electrons. The van der Waals surface area contributed by atoms with E-state index in [-0.39, 0.29) is 5.70 Å². The summed E-state index contributed by atoms with van der Waals surface area (Å²) in [6.07, 6.45) is 1.28. The van der Waals surface area contributed by atoms with E-state index in [1.165, 1.54) is 17.8 Å². The molecule has 5 nitrogen and oxygen atoms in total. The number of rotatable bonds is 6. The van der Waals surface area contributed by atoms with Gasteiger partial charge in [-0.15, -0.1) is 0 Å². The van der Waals surface area contributed by atoms with E-state index in [4.69, 9.17) is 4.42 Å². The first-order chi connectivity index (χ1) is 13.0. The van der Waals surface area contributed by atoms with Crippen molar-refractivity contribution in [1.29, 1.82) is 0 Å². The number of carbonyl (C=O) groups excluding carboxylic acids is 1. The van der Waals surface area contributed by atoms with Gasteiger partial charge in [0.05, 0.1) is 0 Å². The molecule has 3 rings (SSSR count). The Hall–Kier alpha value is -2.77. The number of nitrogens with one attached hydrogen (secondary N) is 1. The quantitative estimate of drug-likeness (QED) is 0.521. The van der Waals surface area contributed by atoms with E-state index in [9.17, 15) is 14.7 Å². The number of furan rings is 1. The Bertz CT molecular complexity index is 998. The van der Waals surface area contributed by atoms with E-state index in [2.05, 4.69) is 21.2 Å². The van der Waals surface area contributed by atoms with Crippen LogP contribution in [0.15, 0.2) is 91.3 Å². The molecule has 0 aliphatic heterocycles. The number of hydrogen-bond donors (Lipinski definition) is 2. The van der Waals surface area contributed by atoms with Crippen molar-refractivity contribution in [3.05, 3.63) is 88.2 Å². The number of hydrogen-bond acceptors (Lipinski definition) is 4. The van der Waals surface area contributed by atoms with Crippen LogP contribution in [0.25, 0.3) is 6.08 Å². The van der Waals surface area contributed by atoms with Crippen LogP contribution in [0.2, 0.25) is 0 Å². The molecule has 27 heavy (non-hydrogen) atoms. The van der Waals surface area contributed by atoms with Crippen LogP contribution in [0.3, 0.4) is 0 Å². The van der Waals surface area contributed by atoms with E-state index in [1.807, 2.05) is 24.3 Å². The Labute approximate surface area is 168 Å². The number of amides is 1. The van der Waals surface area contributed by atoms with Gasteiger partial charge in [-0.05, 0) is 52.3 Å². The van der Waals surface area contributed by atoms with Crippen LogP contribution < -0.4 is 5.32 Å². The summed E-state index contributed by atoms with van der Waals surface area (Å²) in [7, 11) is 0. The smallest absolute Gasteiger partial charge is 0.352 e. The molecule has 0 radical (unpaired) electrons. The van der Waals surface area contributed by atoms with Gasteiger partial charge in [0.2, 0.25) is 0 Å². The summed E-state index contributed by atoms with van der Waals surface area (Å²) >= 11 is 4.87. The lowest BCUT2D eigenvalue weighted by molar-refractivity contribution is -0.132. The standard InChI is InChI=1S/C20H14BrNO4S/c21-15-8-4-5-9-17(15)27-18-11-10-14(26-18)12-16(20(24)25)22-19(23)13-6-2-1-3-7-13/h1-12H,(H,22,23)(H,24,25)/b16-12-. The molecule has 1 aromatic heterocycles. The largest absolute Gasteiger partial charge is 0.477 e. The van der Waals surface area contributed by atoms with Crippen LogP contribution in [0, 0.1) is 0 Å². The summed E-state index contributed by atoms with van der Waals surface area (Å²) in [5.74, 6) is -1.43. The zero-order valence-corrected chi connectivity index (χ0v) is 16.3. The zero-order valence-electron chi connectivity index (χ0n) is 13.9. The minimum Gasteiger partial charge on any atom is -0.477 e.